The number of ether oxygens (including phenoxy) is 2. The third kappa shape index (κ3) is 4.42. The van der Waals surface area contributed by atoms with Gasteiger partial charge in [-0.25, -0.2) is 4.98 Å². The number of nitrogens with one attached hydrogen (secondary N) is 1. The van der Waals surface area contributed by atoms with E-state index in [-0.39, 0.29) is 5.91 Å². The summed E-state index contributed by atoms with van der Waals surface area (Å²) in [6.07, 6.45) is 0. The summed E-state index contributed by atoms with van der Waals surface area (Å²) in [6, 6.07) is 28.8. The molecule has 0 aliphatic rings. The van der Waals surface area contributed by atoms with Crippen LogP contribution in [0.25, 0.3) is 22.0 Å². The van der Waals surface area contributed by atoms with Gasteiger partial charge in [0.25, 0.3) is 5.91 Å². The van der Waals surface area contributed by atoms with Crippen LogP contribution >= 0.6 is 11.3 Å². The number of aromatic nitrogens is 1. The van der Waals surface area contributed by atoms with E-state index < -0.39 is 0 Å². The summed E-state index contributed by atoms with van der Waals surface area (Å²) < 4.78 is 11.3. The maximum Gasteiger partial charge on any atom is 0.261 e. The van der Waals surface area contributed by atoms with Gasteiger partial charge in [0.05, 0.1) is 18.4 Å². The Kier molecular flexibility index (Phi) is 5.74. The monoisotopic (exact) mass is 452 g/mol. The minimum Gasteiger partial charge on any atom is -0.496 e. The van der Waals surface area contributed by atoms with Crippen LogP contribution in [0.2, 0.25) is 0 Å². The number of para-hydroxylation sites is 1. The van der Waals surface area contributed by atoms with Crippen molar-refractivity contribution in [3.05, 3.63) is 102 Å². The lowest BCUT2D eigenvalue weighted by Crippen LogP contribution is -2.13. The van der Waals surface area contributed by atoms with Gasteiger partial charge in [0, 0.05) is 10.9 Å². The van der Waals surface area contributed by atoms with E-state index in [1.807, 2.05) is 96.4 Å². The van der Waals surface area contributed by atoms with Crippen LogP contribution in [-0.2, 0) is 0 Å². The van der Waals surface area contributed by atoms with Crippen LogP contribution in [0.1, 0.15) is 10.4 Å². The molecule has 1 amide bonds. The molecule has 0 unspecified atom stereocenters. The second-order valence-electron chi connectivity index (χ2n) is 7.30. The summed E-state index contributed by atoms with van der Waals surface area (Å²) in [5, 5.41) is 7.17. The molecule has 162 valence electrons. The van der Waals surface area contributed by atoms with Gasteiger partial charge < -0.3 is 9.47 Å². The Morgan fingerprint density at radius 1 is 0.848 bits per heavy atom. The number of thiazole rings is 1. The molecule has 0 fully saturated rings. The molecular weight excluding hydrogens is 432 g/mol. The molecule has 5 nitrogen and oxygen atoms in total. The third-order valence-corrected chi connectivity index (χ3v) is 5.95. The molecule has 6 heteroatoms. The molecule has 0 saturated carbocycles. The molecule has 0 spiro atoms. The number of nitrogens with zero attached hydrogens (tertiary/aromatic N) is 1. The van der Waals surface area contributed by atoms with Gasteiger partial charge in [-0.05, 0) is 53.2 Å². The Labute approximate surface area is 195 Å². The molecule has 0 aliphatic heterocycles. The van der Waals surface area contributed by atoms with E-state index in [0.29, 0.717) is 16.4 Å². The first kappa shape index (κ1) is 20.7. The van der Waals surface area contributed by atoms with Crippen molar-refractivity contribution in [3.8, 4) is 28.5 Å². The van der Waals surface area contributed by atoms with Gasteiger partial charge >= 0.3 is 0 Å². The van der Waals surface area contributed by atoms with E-state index in [4.69, 9.17) is 9.47 Å². The zero-order valence-corrected chi connectivity index (χ0v) is 18.6. The topological polar surface area (TPSA) is 60.5 Å². The lowest BCUT2D eigenvalue weighted by Gasteiger charge is -2.11. The van der Waals surface area contributed by atoms with Crippen molar-refractivity contribution in [1.29, 1.82) is 0 Å². The van der Waals surface area contributed by atoms with Crippen LogP contribution in [0.4, 0.5) is 5.13 Å². The number of anilines is 1. The predicted octanol–water partition coefficient (Wildman–Crippen LogP) is 7.02. The second-order valence-corrected chi connectivity index (χ2v) is 8.15. The van der Waals surface area contributed by atoms with E-state index in [1.54, 1.807) is 7.11 Å². The fourth-order valence-electron chi connectivity index (χ4n) is 3.60. The number of hydrogen-bond donors (Lipinski definition) is 1. The summed E-state index contributed by atoms with van der Waals surface area (Å²) in [5.41, 5.74) is 2.22. The number of fused-ring (bicyclic) bond motifs is 1. The average molecular weight is 453 g/mol. The number of benzene rings is 4. The highest BCUT2D eigenvalue weighted by atomic mass is 32.1. The molecule has 5 rings (SSSR count). The van der Waals surface area contributed by atoms with Crippen LogP contribution in [0.5, 0.6) is 17.2 Å². The Morgan fingerprint density at radius 2 is 1.58 bits per heavy atom. The van der Waals surface area contributed by atoms with Gasteiger partial charge in [-0.3, -0.25) is 10.1 Å². The second kappa shape index (κ2) is 9.14. The summed E-state index contributed by atoms with van der Waals surface area (Å²) in [6.45, 7) is 0. The number of amides is 1. The SMILES string of the molecule is COc1ccc2ccccc2c1C(=O)Nc1nc(-c2ccc(Oc3ccccc3)cc2)cs1. The first-order chi connectivity index (χ1) is 16.2. The Hall–Kier alpha value is -4.16. The van der Waals surface area contributed by atoms with Crippen LogP contribution < -0.4 is 14.8 Å². The minimum absolute atomic E-state index is 0.254. The molecule has 1 aromatic heterocycles. The lowest BCUT2D eigenvalue weighted by atomic mass is 10.0. The zero-order valence-electron chi connectivity index (χ0n) is 17.8. The Balaban J connectivity index is 1.34. The summed E-state index contributed by atoms with van der Waals surface area (Å²) in [7, 11) is 1.56. The van der Waals surface area contributed by atoms with Crippen molar-refractivity contribution in [2.45, 2.75) is 0 Å². The van der Waals surface area contributed by atoms with E-state index in [0.717, 1.165) is 33.5 Å². The van der Waals surface area contributed by atoms with Crippen LogP contribution in [0.15, 0.2) is 96.4 Å². The molecular formula is C27H20N2O3S. The van der Waals surface area contributed by atoms with Crippen molar-refractivity contribution >= 4 is 33.1 Å². The quantitative estimate of drug-likeness (QED) is 0.301. The molecule has 1 N–H and O–H groups in total. The van der Waals surface area contributed by atoms with Crippen molar-refractivity contribution in [3.63, 3.8) is 0 Å². The zero-order chi connectivity index (χ0) is 22.6. The minimum atomic E-state index is -0.254. The molecule has 0 atom stereocenters. The first-order valence-corrected chi connectivity index (χ1v) is 11.3. The van der Waals surface area contributed by atoms with Crippen LogP contribution in [0.3, 0.4) is 0 Å². The molecule has 0 saturated heterocycles. The van der Waals surface area contributed by atoms with Crippen molar-refractivity contribution in [1.82, 2.24) is 4.98 Å². The molecule has 33 heavy (non-hydrogen) atoms. The molecule has 1 heterocycles. The van der Waals surface area contributed by atoms with E-state index in [2.05, 4.69) is 10.3 Å². The first-order valence-electron chi connectivity index (χ1n) is 10.4. The maximum atomic E-state index is 13.1. The van der Waals surface area contributed by atoms with E-state index >= 15 is 0 Å². The maximum absolute atomic E-state index is 13.1. The average Bonchev–Trinajstić information content (AvgIpc) is 3.32. The van der Waals surface area contributed by atoms with Gasteiger partial charge in [0.1, 0.15) is 17.2 Å². The number of carbonyl (C=O) groups is 1. The summed E-state index contributed by atoms with van der Waals surface area (Å²) in [4.78, 5) is 17.7. The molecule has 5 aromatic rings. The number of carbonyl (C=O) groups excluding carboxylic acids is 1. The van der Waals surface area contributed by atoms with Crippen LogP contribution in [-0.4, -0.2) is 18.0 Å². The van der Waals surface area contributed by atoms with E-state index in [9.17, 15) is 4.79 Å². The van der Waals surface area contributed by atoms with Crippen molar-refractivity contribution < 1.29 is 14.3 Å². The Bertz CT molecular complexity index is 1410. The fourth-order valence-corrected chi connectivity index (χ4v) is 4.31. The van der Waals surface area contributed by atoms with E-state index in [1.165, 1.54) is 11.3 Å². The lowest BCUT2D eigenvalue weighted by molar-refractivity contribution is 0.102. The normalized spacial score (nSPS) is 10.7. The molecule has 4 aromatic carbocycles. The highest BCUT2D eigenvalue weighted by Gasteiger charge is 2.18. The van der Waals surface area contributed by atoms with Crippen LogP contribution in [0, 0.1) is 0 Å². The largest absolute Gasteiger partial charge is 0.496 e. The van der Waals surface area contributed by atoms with Gasteiger partial charge in [-0.15, -0.1) is 11.3 Å². The molecule has 0 bridgehead atoms. The van der Waals surface area contributed by atoms with Gasteiger partial charge in [-0.2, -0.15) is 0 Å². The fraction of sp³-hybridized carbons (Fsp3) is 0.0370. The number of rotatable bonds is 6. The van der Waals surface area contributed by atoms with Crippen molar-refractivity contribution in [2.24, 2.45) is 0 Å². The molecule has 0 aliphatic carbocycles. The standard InChI is InChI=1S/C27H20N2O3S/c1-31-24-16-13-18-7-5-6-10-22(18)25(24)26(30)29-27-28-23(17-33-27)19-11-14-21(15-12-19)32-20-8-3-2-4-9-20/h2-17H,1H3,(H,28,29,30). The van der Waals surface area contributed by atoms with Gasteiger partial charge in [0.2, 0.25) is 0 Å². The number of hydrogen-bond acceptors (Lipinski definition) is 5. The summed E-state index contributed by atoms with van der Waals surface area (Å²) in [5.74, 6) is 1.80. The van der Waals surface area contributed by atoms with Crippen molar-refractivity contribution in [2.75, 3.05) is 12.4 Å². The third-order valence-electron chi connectivity index (χ3n) is 5.19. The highest BCUT2D eigenvalue weighted by Crippen LogP contribution is 2.31. The van der Waals surface area contributed by atoms with Gasteiger partial charge in [0.15, 0.2) is 5.13 Å². The molecule has 0 radical (unpaired) electrons. The highest BCUT2D eigenvalue weighted by molar-refractivity contribution is 7.14. The summed E-state index contributed by atoms with van der Waals surface area (Å²) >= 11 is 1.38. The van der Waals surface area contributed by atoms with Gasteiger partial charge in [-0.1, -0.05) is 48.5 Å². The number of methoxy groups -OCH3 is 1. The smallest absolute Gasteiger partial charge is 0.261 e. The predicted molar refractivity (Wildman–Crippen MR) is 133 cm³/mol. The Morgan fingerprint density at radius 3 is 2.36 bits per heavy atom.